The first kappa shape index (κ1) is 22.9. The minimum Gasteiger partial charge on any atom is -0.340 e. The van der Waals surface area contributed by atoms with E-state index in [1.54, 1.807) is 19.2 Å². The van der Waals surface area contributed by atoms with Crippen LogP contribution >= 0.6 is 0 Å². The fourth-order valence-electron chi connectivity index (χ4n) is 4.21. The van der Waals surface area contributed by atoms with E-state index in [1.807, 2.05) is 43.0 Å². The molecule has 0 bridgehead atoms. The van der Waals surface area contributed by atoms with Gasteiger partial charge in [-0.2, -0.15) is 0 Å². The number of nitrogens with zero attached hydrogens (tertiary/aromatic N) is 4. The number of aromatic nitrogens is 2. The Morgan fingerprint density at radius 3 is 2.52 bits per heavy atom. The summed E-state index contributed by atoms with van der Waals surface area (Å²) in [5.41, 5.74) is 3.67. The van der Waals surface area contributed by atoms with Gasteiger partial charge in [-0.25, -0.2) is 14.4 Å². The Hall–Kier alpha value is -3.23. The standard InChI is InChI=1S/C25H31FN6O/c1-4-5-21(30(3)27)25(33)31-14-15-32-22(16-31)29-23(18-8-10-19(26)11-9-18)24(32)28-20-12-6-17(2)7-13-20/h6-13,21,28H,4-5,14-16,27H2,1-3H3/t21-/m0/s1. The Labute approximate surface area is 194 Å². The summed E-state index contributed by atoms with van der Waals surface area (Å²) in [6.07, 6.45) is 1.58. The number of aryl methyl sites for hydroxylation is 1. The Morgan fingerprint density at radius 1 is 1.18 bits per heavy atom. The zero-order valence-corrected chi connectivity index (χ0v) is 19.4. The molecular weight excluding hydrogens is 419 g/mol. The number of hydrogen-bond acceptors (Lipinski definition) is 5. The van der Waals surface area contributed by atoms with Crippen molar-refractivity contribution in [3.05, 3.63) is 65.7 Å². The van der Waals surface area contributed by atoms with Crippen LogP contribution in [0.15, 0.2) is 48.5 Å². The highest BCUT2D eigenvalue weighted by molar-refractivity contribution is 5.82. The number of nitrogens with one attached hydrogen (secondary N) is 1. The first-order valence-electron chi connectivity index (χ1n) is 11.3. The lowest BCUT2D eigenvalue weighted by Crippen LogP contribution is -2.51. The quantitative estimate of drug-likeness (QED) is 0.419. The normalized spacial score (nSPS) is 14.3. The van der Waals surface area contributed by atoms with Gasteiger partial charge in [0.25, 0.3) is 0 Å². The minimum absolute atomic E-state index is 0.0208. The zero-order chi connectivity index (χ0) is 23.5. The van der Waals surface area contributed by atoms with Gasteiger partial charge in [0.15, 0.2) is 0 Å². The number of carbonyl (C=O) groups excluding carboxylic acids is 1. The number of rotatable bonds is 7. The second-order valence-corrected chi connectivity index (χ2v) is 8.60. The van der Waals surface area contributed by atoms with Crippen molar-refractivity contribution >= 4 is 17.4 Å². The van der Waals surface area contributed by atoms with Crippen LogP contribution < -0.4 is 11.2 Å². The number of carbonyl (C=O) groups is 1. The van der Waals surface area contributed by atoms with Crippen molar-refractivity contribution in [2.75, 3.05) is 18.9 Å². The molecular formula is C25H31FN6O. The van der Waals surface area contributed by atoms with Crippen LogP contribution in [0.4, 0.5) is 15.9 Å². The molecule has 0 aliphatic carbocycles. The topological polar surface area (TPSA) is 79.4 Å². The lowest BCUT2D eigenvalue weighted by atomic mass is 10.1. The van der Waals surface area contributed by atoms with Gasteiger partial charge in [0.1, 0.15) is 29.2 Å². The van der Waals surface area contributed by atoms with E-state index in [2.05, 4.69) is 9.88 Å². The lowest BCUT2D eigenvalue weighted by Gasteiger charge is -2.33. The summed E-state index contributed by atoms with van der Waals surface area (Å²) >= 11 is 0. The predicted octanol–water partition coefficient (Wildman–Crippen LogP) is 4.06. The summed E-state index contributed by atoms with van der Waals surface area (Å²) in [6, 6.07) is 14.1. The number of amides is 1. The molecule has 7 nitrogen and oxygen atoms in total. The molecule has 4 rings (SSSR count). The first-order valence-corrected chi connectivity index (χ1v) is 11.3. The van der Waals surface area contributed by atoms with Crippen molar-refractivity contribution in [1.29, 1.82) is 0 Å². The second kappa shape index (κ2) is 9.72. The van der Waals surface area contributed by atoms with E-state index >= 15 is 0 Å². The van der Waals surface area contributed by atoms with Crippen LogP contribution in [0, 0.1) is 12.7 Å². The highest BCUT2D eigenvalue weighted by Crippen LogP contribution is 2.33. The fourth-order valence-corrected chi connectivity index (χ4v) is 4.21. The predicted molar refractivity (Wildman–Crippen MR) is 128 cm³/mol. The molecule has 3 N–H and O–H groups in total. The largest absolute Gasteiger partial charge is 0.340 e. The second-order valence-electron chi connectivity index (χ2n) is 8.60. The third-order valence-corrected chi connectivity index (χ3v) is 6.05. The molecule has 1 aliphatic heterocycles. The lowest BCUT2D eigenvalue weighted by molar-refractivity contribution is -0.138. The van der Waals surface area contributed by atoms with Crippen molar-refractivity contribution < 1.29 is 9.18 Å². The molecule has 3 aromatic rings. The molecule has 0 spiro atoms. The Balaban J connectivity index is 1.68. The summed E-state index contributed by atoms with van der Waals surface area (Å²) in [5.74, 6) is 7.32. The average molecular weight is 451 g/mol. The van der Waals surface area contributed by atoms with Gasteiger partial charge in [0, 0.05) is 31.4 Å². The maximum Gasteiger partial charge on any atom is 0.241 e. The fraction of sp³-hybridized carbons (Fsp3) is 0.360. The van der Waals surface area contributed by atoms with Crippen LogP contribution in [-0.2, 0) is 17.9 Å². The average Bonchev–Trinajstić information content (AvgIpc) is 3.16. The van der Waals surface area contributed by atoms with Gasteiger partial charge >= 0.3 is 0 Å². The summed E-state index contributed by atoms with van der Waals surface area (Å²) in [7, 11) is 1.74. The monoisotopic (exact) mass is 450 g/mol. The zero-order valence-electron chi connectivity index (χ0n) is 19.4. The molecule has 2 aromatic carbocycles. The van der Waals surface area contributed by atoms with Crippen LogP contribution in [0.2, 0.25) is 0 Å². The van der Waals surface area contributed by atoms with Gasteiger partial charge in [-0.15, -0.1) is 0 Å². The number of anilines is 2. The van der Waals surface area contributed by atoms with Crippen LogP contribution in [-0.4, -0.2) is 45.0 Å². The van der Waals surface area contributed by atoms with E-state index in [0.717, 1.165) is 35.0 Å². The smallest absolute Gasteiger partial charge is 0.241 e. The van der Waals surface area contributed by atoms with Gasteiger partial charge in [-0.1, -0.05) is 31.0 Å². The molecule has 0 saturated heterocycles. The Bertz CT molecular complexity index is 1110. The number of halogens is 1. The molecule has 1 aromatic heterocycles. The van der Waals surface area contributed by atoms with E-state index < -0.39 is 0 Å². The van der Waals surface area contributed by atoms with Crippen LogP contribution in [0.3, 0.4) is 0 Å². The number of benzene rings is 2. The van der Waals surface area contributed by atoms with Gasteiger partial charge < -0.3 is 14.8 Å². The minimum atomic E-state index is -0.349. The molecule has 0 saturated carbocycles. The molecule has 1 amide bonds. The van der Waals surface area contributed by atoms with Crippen LogP contribution in [0.1, 0.15) is 31.2 Å². The van der Waals surface area contributed by atoms with E-state index in [4.69, 9.17) is 10.8 Å². The molecule has 0 fully saturated rings. The summed E-state index contributed by atoms with van der Waals surface area (Å²) < 4.78 is 15.7. The number of nitrogens with two attached hydrogens (primary N) is 1. The van der Waals surface area contributed by atoms with Crippen LogP contribution in [0.25, 0.3) is 11.3 Å². The number of hydrogen-bond donors (Lipinski definition) is 2. The van der Waals surface area contributed by atoms with Crippen molar-refractivity contribution in [2.45, 2.75) is 45.8 Å². The van der Waals surface area contributed by atoms with E-state index in [-0.39, 0.29) is 17.8 Å². The SMILES string of the molecule is CCC[C@@H](C(=O)N1CCn2c(nc(-c3ccc(F)cc3)c2Nc2ccc(C)cc2)C1)N(C)N. The molecule has 1 aliphatic rings. The Kier molecular flexibility index (Phi) is 6.76. The molecule has 2 heterocycles. The third-order valence-electron chi connectivity index (χ3n) is 6.05. The molecule has 8 heteroatoms. The molecule has 33 heavy (non-hydrogen) atoms. The third kappa shape index (κ3) is 4.91. The van der Waals surface area contributed by atoms with E-state index in [9.17, 15) is 9.18 Å². The number of hydrazine groups is 1. The van der Waals surface area contributed by atoms with Crippen molar-refractivity contribution in [2.24, 2.45) is 5.84 Å². The van der Waals surface area contributed by atoms with E-state index in [0.29, 0.717) is 26.1 Å². The van der Waals surface area contributed by atoms with Crippen LogP contribution in [0.5, 0.6) is 0 Å². The first-order chi connectivity index (χ1) is 15.9. The maximum atomic E-state index is 13.6. The van der Waals surface area contributed by atoms with Crippen molar-refractivity contribution in [3.8, 4) is 11.3 Å². The Morgan fingerprint density at radius 2 is 1.88 bits per heavy atom. The van der Waals surface area contributed by atoms with E-state index in [1.165, 1.54) is 22.7 Å². The maximum absolute atomic E-state index is 13.6. The highest BCUT2D eigenvalue weighted by Gasteiger charge is 2.31. The molecule has 0 unspecified atom stereocenters. The number of imidazole rings is 1. The summed E-state index contributed by atoms with van der Waals surface area (Å²) in [6.45, 7) is 5.67. The van der Waals surface area contributed by atoms with Gasteiger partial charge in [0.05, 0.1) is 6.54 Å². The molecule has 0 radical (unpaired) electrons. The number of likely N-dealkylation sites (N-methyl/N-ethyl adjacent to an activating group) is 1. The highest BCUT2D eigenvalue weighted by atomic mass is 19.1. The van der Waals surface area contributed by atoms with Crippen molar-refractivity contribution in [3.63, 3.8) is 0 Å². The summed E-state index contributed by atoms with van der Waals surface area (Å²) in [4.78, 5) is 19.9. The van der Waals surface area contributed by atoms with Crippen molar-refractivity contribution in [1.82, 2.24) is 19.5 Å². The van der Waals surface area contributed by atoms with Gasteiger partial charge in [0.2, 0.25) is 5.91 Å². The molecule has 1 atom stereocenters. The summed E-state index contributed by atoms with van der Waals surface area (Å²) in [5, 5.41) is 5.00. The number of fused-ring (bicyclic) bond motifs is 1. The molecule has 174 valence electrons. The van der Waals surface area contributed by atoms with Gasteiger partial charge in [-0.05, 0) is 49.7 Å². The van der Waals surface area contributed by atoms with Gasteiger partial charge in [-0.3, -0.25) is 10.6 Å².